The highest BCUT2D eigenvalue weighted by molar-refractivity contribution is 9.11. The first kappa shape index (κ1) is 15.0. The lowest BCUT2D eigenvalue weighted by molar-refractivity contribution is 0.102. The van der Waals surface area contributed by atoms with E-state index in [4.69, 9.17) is 5.73 Å². The van der Waals surface area contributed by atoms with Crippen molar-refractivity contribution >= 4 is 49.1 Å². The number of carbonyl (C=O) groups excluding carboxylic acids is 1. The SMILES string of the molecule is Cc1cc(F)c(Br)cc1NC(=O)c1cccc(N)c1Br. The van der Waals surface area contributed by atoms with Crippen molar-refractivity contribution in [2.24, 2.45) is 0 Å². The summed E-state index contributed by atoms with van der Waals surface area (Å²) in [6.07, 6.45) is 0. The van der Waals surface area contributed by atoms with Gasteiger partial charge in [0.05, 0.1) is 14.5 Å². The van der Waals surface area contributed by atoms with Crippen molar-refractivity contribution in [1.29, 1.82) is 0 Å². The predicted octanol–water partition coefficient (Wildman–Crippen LogP) is 4.49. The molecule has 0 saturated carbocycles. The lowest BCUT2D eigenvalue weighted by atomic mass is 10.1. The molecule has 0 aliphatic rings. The van der Waals surface area contributed by atoms with E-state index >= 15 is 0 Å². The van der Waals surface area contributed by atoms with E-state index in [-0.39, 0.29) is 11.7 Å². The minimum atomic E-state index is -0.370. The van der Waals surface area contributed by atoms with E-state index in [0.29, 0.717) is 31.4 Å². The molecule has 3 nitrogen and oxygen atoms in total. The second-order valence-corrected chi connectivity index (χ2v) is 5.89. The molecule has 0 unspecified atom stereocenters. The molecule has 0 fully saturated rings. The summed E-state index contributed by atoms with van der Waals surface area (Å²) in [6.45, 7) is 1.72. The third-order valence-corrected chi connectivity index (χ3v) is 4.28. The van der Waals surface area contributed by atoms with Crippen LogP contribution in [0.25, 0.3) is 0 Å². The fourth-order valence-electron chi connectivity index (χ4n) is 1.70. The molecule has 1 amide bonds. The molecule has 0 aliphatic heterocycles. The first-order valence-electron chi connectivity index (χ1n) is 5.71. The van der Waals surface area contributed by atoms with Crippen LogP contribution < -0.4 is 11.1 Å². The van der Waals surface area contributed by atoms with Crippen LogP contribution in [0.1, 0.15) is 15.9 Å². The van der Waals surface area contributed by atoms with Crippen molar-refractivity contribution in [1.82, 2.24) is 0 Å². The summed E-state index contributed by atoms with van der Waals surface area (Å²) in [4.78, 5) is 12.2. The van der Waals surface area contributed by atoms with Gasteiger partial charge in [0.1, 0.15) is 5.82 Å². The summed E-state index contributed by atoms with van der Waals surface area (Å²) in [5.41, 5.74) is 7.82. The molecule has 6 heteroatoms. The number of nitrogens with two attached hydrogens (primary N) is 1. The highest BCUT2D eigenvalue weighted by Crippen LogP contribution is 2.27. The monoisotopic (exact) mass is 400 g/mol. The number of benzene rings is 2. The Morgan fingerprint density at radius 1 is 1.30 bits per heavy atom. The summed E-state index contributed by atoms with van der Waals surface area (Å²) in [5, 5.41) is 2.74. The van der Waals surface area contributed by atoms with Gasteiger partial charge in [0.15, 0.2) is 0 Å². The van der Waals surface area contributed by atoms with Gasteiger partial charge in [-0.15, -0.1) is 0 Å². The van der Waals surface area contributed by atoms with E-state index in [1.54, 1.807) is 25.1 Å². The molecule has 2 aromatic carbocycles. The number of nitrogens with one attached hydrogen (secondary N) is 1. The number of hydrogen-bond donors (Lipinski definition) is 2. The number of aryl methyl sites for hydroxylation is 1. The van der Waals surface area contributed by atoms with Gasteiger partial charge in [-0.05, 0) is 68.6 Å². The van der Waals surface area contributed by atoms with Crippen LogP contribution in [0.5, 0.6) is 0 Å². The lowest BCUT2D eigenvalue weighted by Crippen LogP contribution is -2.14. The molecule has 0 heterocycles. The predicted molar refractivity (Wildman–Crippen MR) is 85.3 cm³/mol. The minimum absolute atomic E-state index is 0.296. The Morgan fingerprint density at radius 2 is 2.00 bits per heavy atom. The number of nitrogen functional groups attached to an aromatic ring is 1. The first-order valence-corrected chi connectivity index (χ1v) is 7.29. The second-order valence-electron chi connectivity index (χ2n) is 4.24. The van der Waals surface area contributed by atoms with Crippen LogP contribution in [0.4, 0.5) is 15.8 Å². The van der Waals surface area contributed by atoms with Crippen molar-refractivity contribution in [2.75, 3.05) is 11.1 Å². The fraction of sp³-hybridized carbons (Fsp3) is 0.0714. The molecule has 0 spiro atoms. The molecule has 104 valence electrons. The first-order chi connectivity index (χ1) is 9.40. The number of rotatable bonds is 2. The summed E-state index contributed by atoms with van der Waals surface area (Å²) < 4.78 is 14.2. The van der Waals surface area contributed by atoms with Gasteiger partial charge in [-0.1, -0.05) is 6.07 Å². The highest BCUT2D eigenvalue weighted by atomic mass is 79.9. The van der Waals surface area contributed by atoms with E-state index in [2.05, 4.69) is 37.2 Å². The standard InChI is InChI=1S/C14H11Br2FN2O/c1-7-5-10(17)9(15)6-12(7)19-14(20)8-3-2-4-11(18)13(8)16/h2-6H,18H2,1H3,(H,19,20). The molecule has 3 N–H and O–H groups in total. The van der Waals surface area contributed by atoms with E-state index in [1.807, 2.05) is 0 Å². The number of amides is 1. The van der Waals surface area contributed by atoms with Crippen molar-refractivity contribution in [3.63, 3.8) is 0 Å². The molecular formula is C14H11Br2FN2O. The summed E-state index contributed by atoms with van der Waals surface area (Å²) in [6, 6.07) is 7.93. The quantitative estimate of drug-likeness (QED) is 0.728. The molecule has 0 aliphatic carbocycles. The molecule has 0 saturated heterocycles. The van der Waals surface area contributed by atoms with Crippen molar-refractivity contribution in [3.8, 4) is 0 Å². The largest absolute Gasteiger partial charge is 0.398 e. The van der Waals surface area contributed by atoms with Crippen LogP contribution in [0.15, 0.2) is 39.3 Å². The van der Waals surface area contributed by atoms with Crippen molar-refractivity contribution in [3.05, 3.63) is 56.2 Å². The van der Waals surface area contributed by atoms with Gasteiger partial charge in [0.2, 0.25) is 0 Å². The maximum Gasteiger partial charge on any atom is 0.256 e. The highest BCUT2D eigenvalue weighted by Gasteiger charge is 2.14. The third kappa shape index (κ3) is 3.02. The molecule has 0 radical (unpaired) electrons. The van der Waals surface area contributed by atoms with Crippen LogP contribution in [0, 0.1) is 12.7 Å². The van der Waals surface area contributed by atoms with Gasteiger partial charge >= 0.3 is 0 Å². The lowest BCUT2D eigenvalue weighted by Gasteiger charge is -2.11. The average molecular weight is 402 g/mol. The smallest absolute Gasteiger partial charge is 0.256 e. The Morgan fingerprint density at radius 3 is 2.70 bits per heavy atom. The van der Waals surface area contributed by atoms with E-state index < -0.39 is 0 Å². The Bertz CT molecular complexity index is 689. The zero-order valence-electron chi connectivity index (χ0n) is 10.5. The van der Waals surface area contributed by atoms with E-state index in [0.717, 1.165) is 0 Å². The van der Waals surface area contributed by atoms with E-state index in [9.17, 15) is 9.18 Å². The Hall–Kier alpha value is -1.40. The minimum Gasteiger partial charge on any atom is -0.398 e. The average Bonchev–Trinajstić information content (AvgIpc) is 2.39. The van der Waals surface area contributed by atoms with Crippen molar-refractivity contribution < 1.29 is 9.18 Å². The van der Waals surface area contributed by atoms with Crippen LogP contribution in [-0.4, -0.2) is 5.91 Å². The Kier molecular flexibility index (Phi) is 4.45. The van der Waals surface area contributed by atoms with Crippen LogP contribution in [-0.2, 0) is 0 Å². The Labute approximate surface area is 132 Å². The molecule has 2 aromatic rings. The van der Waals surface area contributed by atoms with Crippen LogP contribution >= 0.6 is 31.9 Å². The zero-order valence-corrected chi connectivity index (χ0v) is 13.7. The van der Waals surface area contributed by atoms with Crippen LogP contribution in [0.3, 0.4) is 0 Å². The molecule has 20 heavy (non-hydrogen) atoms. The summed E-state index contributed by atoms with van der Waals surface area (Å²) in [5.74, 6) is -0.684. The summed E-state index contributed by atoms with van der Waals surface area (Å²) >= 11 is 6.38. The number of halogens is 3. The van der Waals surface area contributed by atoms with Gasteiger partial charge in [-0.2, -0.15) is 0 Å². The summed E-state index contributed by atoms with van der Waals surface area (Å²) in [7, 11) is 0. The molecule has 0 atom stereocenters. The van der Waals surface area contributed by atoms with Gasteiger partial charge in [0.25, 0.3) is 5.91 Å². The Balaban J connectivity index is 2.33. The number of carbonyl (C=O) groups is 1. The zero-order chi connectivity index (χ0) is 14.9. The molecule has 2 rings (SSSR count). The fourth-order valence-corrected chi connectivity index (χ4v) is 2.48. The third-order valence-electron chi connectivity index (χ3n) is 2.79. The van der Waals surface area contributed by atoms with Crippen LogP contribution in [0.2, 0.25) is 0 Å². The van der Waals surface area contributed by atoms with E-state index in [1.165, 1.54) is 12.1 Å². The van der Waals surface area contributed by atoms with Gasteiger partial charge in [-0.25, -0.2) is 4.39 Å². The van der Waals surface area contributed by atoms with Gasteiger partial charge in [0, 0.05) is 11.4 Å². The molecular weight excluding hydrogens is 391 g/mol. The topological polar surface area (TPSA) is 55.1 Å². The number of anilines is 2. The molecule has 0 aromatic heterocycles. The molecule has 0 bridgehead atoms. The maximum atomic E-state index is 13.4. The maximum absolute atomic E-state index is 13.4. The van der Waals surface area contributed by atoms with Gasteiger partial charge in [-0.3, -0.25) is 4.79 Å². The normalized spacial score (nSPS) is 10.4. The number of hydrogen-bond acceptors (Lipinski definition) is 2. The second kappa shape index (κ2) is 5.93. The van der Waals surface area contributed by atoms with Gasteiger partial charge < -0.3 is 11.1 Å². The van der Waals surface area contributed by atoms with Crippen molar-refractivity contribution in [2.45, 2.75) is 6.92 Å².